The summed E-state index contributed by atoms with van der Waals surface area (Å²) in [5.74, 6) is -2.09. The van der Waals surface area contributed by atoms with Crippen LogP contribution >= 0.6 is 0 Å². The molecule has 0 saturated heterocycles. The summed E-state index contributed by atoms with van der Waals surface area (Å²) in [6, 6.07) is 9.43. The van der Waals surface area contributed by atoms with Crippen LogP contribution in [0.25, 0.3) is 11.1 Å². The molecule has 2 aromatic carbocycles. The number of carboxylic acids is 1. The number of aromatic nitrogens is 1. The number of carbonyl (C=O) groups is 2. The van der Waals surface area contributed by atoms with Gasteiger partial charge in [-0.25, -0.2) is 4.79 Å². The van der Waals surface area contributed by atoms with Gasteiger partial charge in [-0.15, -0.1) is 13.2 Å². The van der Waals surface area contributed by atoms with Crippen LogP contribution in [-0.2, 0) is 11.8 Å². The van der Waals surface area contributed by atoms with Crippen LogP contribution in [0.15, 0.2) is 59.5 Å². The van der Waals surface area contributed by atoms with Crippen molar-refractivity contribution in [3.8, 4) is 22.6 Å². The summed E-state index contributed by atoms with van der Waals surface area (Å²) >= 11 is 0. The second-order valence-corrected chi connectivity index (χ2v) is 7.90. The highest BCUT2D eigenvalue weighted by Crippen LogP contribution is 2.30. The number of halogens is 3. The quantitative estimate of drug-likeness (QED) is 0.379. The fourth-order valence-electron chi connectivity index (χ4n) is 3.54. The summed E-state index contributed by atoms with van der Waals surface area (Å²) in [6.07, 6.45) is -4.02. The Morgan fingerprint density at radius 3 is 2.39 bits per heavy atom. The number of amides is 2. The van der Waals surface area contributed by atoms with Crippen molar-refractivity contribution in [2.75, 3.05) is 5.32 Å². The molecule has 2 amide bonds. The first-order valence-corrected chi connectivity index (χ1v) is 10.5. The van der Waals surface area contributed by atoms with Crippen LogP contribution in [0.2, 0.25) is 0 Å². The molecule has 1 atom stereocenters. The number of hydrogen-bond donors (Lipinski definition) is 4. The molecular formula is C24H22F3N3O6. The molecule has 0 bridgehead atoms. The van der Waals surface area contributed by atoms with Crippen LogP contribution in [-0.4, -0.2) is 33.1 Å². The number of ether oxygens (including phenoxy) is 1. The summed E-state index contributed by atoms with van der Waals surface area (Å²) in [5, 5.41) is 24.2. The third-order valence-electron chi connectivity index (χ3n) is 5.14. The van der Waals surface area contributed by atoms with Gasteiger partial charge in [0.1, 0.15) is 11.5 Å². The molecule has 0 spiro atoms. The highest BCUT2D eigenvalue weighted by atomic mass is 19.4. The highest BCUT2D eigenvalue weighted by Gasteiger charge is 2.31. The van der Waals surface area contributed by atoms with Gasteiger partial charge >= 0.3 is 18.4 Å². The van der Waals surface area contributed by atoms with E-state index in [4.69, 9.17) is 0 Å². The summed E-state index contributed by atoms with van der Waals surface area (Å²) in [6.45, 7) is 1.53. The van der Waals surface area contributed by atoms with Crippen LogP contribution < -0.4 is 20.9 Å². The maximum atomic E-state index is 12.6. The second kappa shape index (κ2) is 10.4. The number of pyridine rings is 1. The van der Waals surface area contributed by atoms with Crippen molar-refractivity contribution >= 4 is 17.7 Å². The van der Waals surface area contributed by atoms with Crippen LogP contribution in [0.1, 0.15) is 23.6 Å². The monoisotopic (exact) mass is 505 g/mol. The van der Waals surface area contributed by atoms with Crippen molar-refractivity contribution in [3.05, 3.63) is 76.2 Å². The molecule has 3 rings (SSSR count). The zero-order chi connectivity index (χ0) is 26.6. The zero-order valence-electron chi connectivity index (χ0n) is 19.1. The molecule has 9 nitrogen and oxygen atoms in total. The van der Waals surface area contributed by atoms with Gasteiger partial charge in [0.25, 0.3) is 5.56 Å². The Kier molecular flexibility index (Phi) is 7.56. The third kappa shape index (κ3) is 6.56. The van der Waals surface area contributed by atoms with Gasteiger partial charge in [0, 0.05) is 18.8 Å². The number of carbonyl (C=O) groups excluding carboxylic acids is 1. The number of urea groups is 1. The van der Waals surface area contributed by atoms with E-state index >= 15 is 0 Å². The molecule has 0 aliphatic rings. The third-order valence-corrected chi connectivity index (χ3v) is 5.14. The van der Waals surface area contributed by atoms with Crippen molar-refractivity contribution in [2.24, 2.45) is 7.05 Å². The number of hydrogen-bond acceptors (Lipinski definition) is 5. The molecule has 0 saturated carbocycles. The smallest absolute Gasteiger partial charge is 0.505 e. The maximum absolute atomic E-state index is 12.6. The molecule has 190 valence electrons. The molecule has 1 heterocycles. The summed E-state index contributed by atoms with van der Waals surface area (Å²) in [7, 11) is 1.44. The topological polar surface area (TPSA) is 130 Å². The van der Waals surface area contributed by atoms with E-state index in [-0.39, 0.29) is 5.69 Å². The molecule has 0 unspecified atom stereocenters. The molecule has 0 radical (unpaired) electrons. The van der Waals surface area contributed by atoms with Crippen LogP contribution in [0.5, 0.6) is 11.5 Å². The fourth-order valence-corrected chi connectivity index (χ4v) is 3.54. The highest BCUT2D eigenvalue weighted by molar-refractivity contribution is 5.91. The molecule has 0 aliphatic carbocycles. The van der Waals surface area contributed by atoms with E-state index in [2.05, 4.69) is 15.4 Å². The van der Waals surface area contributed by atoms with E-state index in [9.17, 15) is 37.8 Å². The fraction of sp³-hybridized carbons (Fsp3) is 0.208. The molecule has 0 fully saturated rings. The maximum Gasteiger partial charge on any atom is 0.573 e. The minimum absolute atomic E-state index is 0.332. The van der Waals surface area contributed by atoms with E-state index in [0.29, 0.717) is 22.3 Å². The molecular weight excluding hydrogens is 483 g/mol. The van der Waals surface area contributed by atoms with Crippen molar-refractivity contribution < 1.29 is 37.7 Å². The average molecular weight is 505 g/mol. The van der Waals surface area contributed by atoms with Crippen LogP contribution in [0.4, 0.5) is 23.7 Å². The number of aliphatic carboxylic acids is 1. The molecule has 36 heavy (non-hydrogen) atoms. The minimum Gasteiger partial charge on any atom is -0.505 e. The van der Waals surface area contributed by atoms with Crippen molar-refractivity contribution in [3.63, 3.8) is 0 Å². The van der Waals surface area contributed by atoms with Gasteiger partial charge in [-0.05, 0) is 41.8 Å². The number of rotatable bonds is 7. The Labute approximate surface area is 202 Å². The number of nitrogens with one attached hydrogen (secondary N) is 2. The average Bonchev–Trinajstić information content (AvgIpc) is 2.79. The lowest BCUT2D eigenvalue weighted by Gasteiger charge is -2.19. The first kappa shape index (κ1) is 26.1. The lowest BCUT2D eigenvalue weighted by Crippen LogP contribution is -2.36. The number of benzene rings is 2. The standard InChI is InChI=1S/C24H22F3N3O6/c1-13-12-30(2)22(34)20(21(13)33)29-23(35)28-18(11-19(31)32)16-7-3-5-14(9-16)15-6-4-8-17(10-15)36-24(25,26)27/h3-10,12,18,33H,11H2,1-2H3,(H,31,32)(H2,28,29,35)/t18-/m0/s1. The molecule has 0 aliphatic heterocycles. The van der Waals surface area contributed by atoms with Crippen molar-refractivity contribution in [1.29, 1.82) is 0 Å². The van der Waals surface area contributed by atoms with Gasteiger partial charge in [-0.1, -0.05) is 30.3 Å². The number of carboxylic acid groups (broad SMARTS) is 1. The van der Waals surface area contributed by atoms with E-state index in [0.717, 1.165) is 6.07 Å². The SMILES string of the molecule is Cc1cn(C)c(=O)c(NC(=O)N[C@@H](CC(=O)O)c2cccc(-c3cccc(OC(F)(F)F)c3)c2)c1O. The first-order valence-electron chi connectivity index (χ1n) is 10.5. The second-order valence-electron chi connectivity index (χ2n) is 7.90. The van der Waals surface area contributed by atoms with Gasteiger partial charge in [0.05, 0.1) is 12.5 Å². The summed E-state index contributed by atoms with van der Waals surface area (Å²) in [5.41, 5.74) is 0.436. The summed E-state index contributed by atoms with van der Waals surface area (Å²) < 4.78 is 42.8. The van der Waals surface area contributed by atoms with Gasteiger partial charge in [-0.2, -0.15) is 0 Å². The van der Waals surface area contributed by atoms with Gasteiger partial charge in [0.2, 0.25) is 0 Å². The number of nitrogens with zero attached hydrogens (tertiary/aromatic N) is 1. The minimum atomic E-state index is -4.86. The van der Waals surface area contributed by atoms with Crippen molar-refractivity contribution in [2.45, 2.75) is 25.7 Å². The van der Waals surface area contributed by atoms with E-state index in [1.807, 2.05) is 0 Å². The van der Waals surface area contributed by atoms with Crippen molar-refractivity contribution in [1.82, 2.24) is 9.88 Å². The van der Waals surface area contributed by atoms with Crippen LogP contribution in [0.3, 0.4) is 0 Å². The Bertz CT molecular complexity index is 1350. The largest absolute Gasteiger partial charge is 0.573 e. The van der Waals surface area contributed by atoms with Gasteiger partial charge in [-0.3, -0.25) is 9.59 Å². The Morgan fingerprint density at radius 2 is 1.75 bits per heavy atom. The normalized spacial score (nSPS) is 12.0. The van der Waals surface area contributed by atoms with Gasteiger partial charge in [0.15, 0.2) is 5.69 Å². The predicted octanol–water partition coefficient (Wildman–Crippen LogP) is 4.30. The number of aryl methyl sites for hydroxylation is 2. The number of aromatic hydroxyl groups is 1. The predicted molar refractivity (Wildman–Crippen MR) is 124 cm³/mol. The molecule has 12 heteroatoms. The molecule has 1 aromatic heterocycles. The zero-order valence-corrected chi connectivity index (χ0v) is 19.1. The lowest BCUT2D eigenvalue weighted by atomic mass is 9.97. The Balaban J connectivity index is 1.88. The Morgan fingerprint density at radius 1 is 1.11 bits per heavy atom. The van der Waals surface area contributed by atoms with E-state index in [1.165, 1.54) is 49.0 Å². The van der Waals surface area contributed by atoms with Crippen LogP contribution in [0, 0.1) is 6.92 Å². The molecule has 3 aromatic rings. The number of alkyl halides is 3. The van der Waals surface area contributed by atoms with E-state index in [1.54, 1.807) is 18.2 Å². The first-order chi connectivity index (χ1) is 16.8. The lowest BCUT2D eigenvalue weighted by molar-refractivity contribution is -0.274. The number of anilines is 1. The Hall–Kier alpha value is -4.48. The molecule has 4 N–H and O–H groups in total. The van der Waals surface area contributed by atoms with Gasteiger partial charge < -0.3 is 30.2 Å². The van der Waals surface area contributed by atoms with E-state index < -0.39 is 47.9 Å². The summed E-state index contributed by atoms with van der Waals surface area (Å²) in [4.78, 5) is 36.4.